The molecule has 96 valence electrons. The van der Waals surface area contributed by atoms with Crippen LogP contribution < -0.4 is 10.6 Å². The monoisotopic (exact) mass is 235 g/mol. The van der Waals surface area contributed by atoms with E-state index in [0.717, 1.165) is 25.1 Å². The second kappa shape index (κ2) is 6.60. The van der Waals surface area contributed by atoms with Crippen LogP contribution in [0.2, 0.25) is 0 Å². The zero-order valence-corrected chi connectivity index (χ0v) is 11.5. The molecule has 0 spiro atoms. The van der Waals surface area contributed by atoms with Crippen molar-refractivity contribution in [3.8, 4) is 0 Å². The molecule has 1 rings (SSSR count). The fourth-order valence-electron chi connectivity index (χ4n) is 1.96. The van der Waals surface area contributed by atoms with Crippen LogP contribution in [0, 0.1) is 0 Å². The van der Waals surface area contributed by atoms with E-state index in [2.05, 4.69) is 49.7 Å². The summed E-state index contributed by atoms with van der Waals surface area (Å²) in [5, 5.41) is 0. The Kier molecular flexibility index (Phi) is 5.42. The van der Waals surface area contributed by atoms with E-state index in [0.29, 0.717) is 6.04 Å². The molecule has 0 aliphatic heterocycles. The van der Waals surface area contributed by atoms with E-state index in [9.17, 15) is 0 Å². The van der Waals surface area contributed by atoms with E-state index in [1.165, 1.54) is 5.69 Å². The third-order valence-electron chi connectivity index (χ3n) is 3.39. The normalized spacial score (nSPS) is 14.4. The Labute approximate surface area is 105 Å². The molecule has 1 heterocycles. The number of nitrogens with two attached hydrogens (primary N) is 1. The number of nitrogens with zero attached hydrogens (tertiary/aromatic N) is 2. The van der Waals surface area contributed by atoms with E-state index in [-0.39, 0.29) is 6.04 Å². The topological polar surface area (TPSA) is 42.1 Å². The van der Waals surface area contributed by atoms with E-state index >= 15 is 0 Å². The summed E-state index contributed by atoms with van der Waals surface area (Å²) in [7, 11) is 0. The van der Waals surface area contributed by atoms with Crippen molar-refractivity contribution in [1.82, 2.24) is 4.98 Å². The van der Waals surface area contributed by atoms with Crippen LogP contribution in [-0.2, 0) is 0 Å². The van der Waals surface area contributed by atoms with Gasteiger partial charge in [-0.15, -0.1) is 0 Å². The first kappa shape index (κ1) is 14.0. The minimum atomic E-state index is 0.0581. The molecule has 1 aromatic heterocycles. The molecule has 0 fully saturated rings. The van der Waals surface area contributed by atoms with Crippen LogP contribution in [0.3, 0.4) is 0 Å². The van der Waals surface area contributed by atoms with Gasteiger partial charge in [-0.05, 0) is 38.8 Å². The Balaban J connectivity index is 2.85. The van der Waals surface area contributed by atoms with Gasteiger partial charge in [0, 0.05) is 18.6 Å². The van der Waals surface area contributed by atoms with Crippen molar-refractivity contribution < 1.29 is 0 Å². The van der Waals surface area contributed by atoms with Gasteiger partial charge in [0.2, 0.25) is 0 Å². The minimum absolute atomic E-state index is 0.0581. The third kappa shape index (κ3) is 3.43. The number of aromatic nitrogens is 1. The number of hydrogen-bond acceptors (Lipinski definition) is 3. The van der Waals surface area contributed by atoms with E-state index in [4.69, 9.17) is 5.73 Å². The molecule has 0 saturated carbocycles. The van der Waals surface area contributed by atoms with Gasteiger partial charge >= 0.3 is 0 Å². The van der Waals surface area contributed by atoms with E-state index in [1.807, 2.05) is 6.20 Å². The van der Waals surface area contributed by atoms with Crippen LogP contribution in [-0.4, -0.2) is 17.6 Å². The lowest BCUT2D eigenvalue weighted by Gasteiger charge is -2.29. The number of rotatable bonds is 6. The Bertz CT molecular complexity index is 321. The van der Waals surface area contributed by atoms with Gasteiger partial charge in [0.15, 0.2) is 0 Å². The second-order valence-corrected chi connectivity index (χ2v) is 4.50. The molecule has 2 N–H and O–H groups in total. The van der Waals surface area contributed by atoms with Crippen molar-refractivity contribution in [2.75, 3.05) is 11.4 Å². The first-order valence-corrected chi connectivity index (χ1v) is 6.62. The summed E-state index contributed by atoms with van der Waals surface area (Å²) in [5.41, 5.74) is 8.13. The van der Waals surface area contributed by atoms with Crippen molar-refractivity contribution in [2.24, 2.45) is 5.73 Å². The van der Waals surface area contributed by atoms with E-state index < -0.39 is 0 Å². The van der Waals surface area contributed by atoms with Crippen LogP contribution in [0.15, 0.2) is 18.3 Å². The molecule has 1 aromatic rings. The molecule has 0 radical (unpaired) electrons. The SMILES string of the molecule is CCC(C)N(CC)c1ccc([C@H](N)CC)nc1. The molecule has 0 aromatic carbocycles. The lowest BCUT2D eigenvalue weighted by atomic mass is 10.1. The van der Waals surface area contributed by atoms with Crippen LogP contribution >= 0.6 is 0 Å². The molecule has 3 heteroatoms. The van der Waals surface area contributed by atoms with Gasteiger partial charge in [0.1, 0.15) is 0 Å². The van der Waals surface area contributed by atoms with E-state index in [1.54, 1.807) is 0 Å². The Morgan fingerprint density at radius 1 is 1.24 bits per heavy atom. The van der Waals surface area contributed by atoms with Gasteiger partial charge in [-0.2, -0.15) is 0 Å². The molecule has 0 aliphatic carbocycles. The summed E-state index contributed by atoms with van der Waals surface area (Å²) in [6.07, 6.45) is 4.01. The average molecular weight is 235 g/mol. The quantitative estimate of drug-likeness (QED) is 0.823. The summed E-state index contributed by atoms with van der Waals surface area (Å²) in [4.78, 5) is 6.84. The molecule has 2 atom stereocenters. The maximum absolute atomic E-state index is 5.96. The molecular weight excluding hydrogens is 210 g/mol. The van der Waals surface area contributed by atoms with Gasteiger partial charge in [0.05, 0.1) is 17.6 Å². The molecule has 0 saturated heterocycles. The summed E-state index contributed by atoms with van der Waals surface area (Å²) in [6.45, 7) is 9.72. The fourth-order valence-corrected chi connectivity index (χ4v) is 1.96. The van der Waals surface area contributed by atoms with Crippen LogP contribution in [0.4, 0.5) is 5.69 Å². The smallest absolute Gasteiger partial charge is 0.0572 e. The summed E-state index contributed by atoms with van der Waals surface area (Å²) < 4.78 is 0. The number of anilines is 1. The van der Waals surface area contributed by atoms with Crippen molar-refractivity contribution in [3.63, 3.8) is 0 Å². The average Bonchev–Trinajstić information content (AvgIpc) is 2.39. The largest absolute Gasteiger partial charge is 0.368 e. The summed E-state index contributed by atoms with van der Waals surface area (Å²) >= 11 is 0. The number of hydrogen-bond donors (Lipinski definition) is 1. The highest BCUT2D eigenvalue weighted by Crippen LogP contribution is 2.19. The highest BCUT2D eigenvalue weighted by atomic mass is 15.2. The highest BCUT2D eigenvalue weighted by Gasteiger charge is 2.12. The standard InChI is InChI=1S/C14H25N3/c1-5-11(4)17(7-3)12-8-9-14(16-10-12)13(15)6-2/h8-11,13H,5-7,15H2,1-4H3/t11?,13-/m1/s1. The van der Waals surface area contributed by atoms with Gasteiger partial charge in [-0.1, -0.05) is 13.8 Å². The molecule has 0 aliphatic rings. The molecule has 0 bridgehead atoms. The van der Waals surface area contributed by atoms with Crippen LogP contribution in [0.25, 0.3) is 0 Å². The molecular formula is C14H25N3. The molecule has 17 heavy (non-hydrogen) atoms. The van der Waals surface area contributed by atoms with Gasteiger partial charge in [-0.25, -0.2) is 0 Å². The third-order valence-corrected chi connectivity index (χ3v) is 3.39. The van der Waals surface area contributed by atoms with Crippen LogP contribution in [0.5, 0.6) is 0 Å². The lowest BCUT2D eigenvalue weighted by Crippen LogP contribution is -2.32. The van der Waals surface area contributed by atoms with Crippen molar-refractivity contribution in [2.45, 2.75) is 52.6 Å². The predicted molar refractivity (Wildman–Crippen MR) is 74.2 cm³/mol. The predicted octanol–water partition coefficient (Wildman–Crippen LogP) is 3.12. The summed E-state index contributed by atoms with van der Waals surface area (Å²) in [6, 6.07) is 4.79. The zero-order valence-electron chi connectivity index (χ0n) is 11.5. The lowest BCUT2D eigenvalue weighted by molar-refractivity contribution is 0.626. The molecule has 1 unspecified atom stereocenters. The molecule has 0 amide bonds. The first-order chi connectivity index (χ1) is 8.13. The maximum atomic E-state index is 5.96. The Morgan fingerprint density at radius 2 is 1.94 bits per heavy atom. The van der Waals surface area contributed by atoms with Crippen molar-refractivity contribution in [3.05, 3.63) is 24.0 Å². The van der Waals surface area contributed by atoms with Gasteiger partial charge < -0.3 is 10.6 Å². The van der Waals surface area contributed by atoms with Crippen LogP contribution in [0.1, 0.15) is 52.3 Å². The number of pyridine rings is 1. The summed E-state index contributed by atoms with van der Waals surface area (Å²) in [5.74, 6) is 0. The maximum Gasteiger partial charge on any atom is 0.0572 e. The Hall–Kier alpha value is -1.09. The molecule has 3 nitrogen and oxygen atoms in total. The highest BCUT2D eigenvalue weighted by molar-refractivity contribution is 5.45. The zero-order chi connectivity index (χ0) is 12.8. The fraction of sp³-hybridized carbons (Fsp3) is 0.643. The Morgan fingerprint density at radius 3 is 2.35 bits per heavy atom. The van der Waals surface area contributed by atoms with Crippen molar-refractivity contribution >= 4 is 5.69 Å². The second-order valence-electron chi connectivity index (χ2n) is 4.50. The van der Waals surface area contributed by atoms with Gasteiger partial charge in [0.25, 0.3) is 0 Å². The first-order valence-electron chi connectivity index (χ1n) is 6.62. The van der Waals surface area contributed by atoms with Gasteiger partial charge in [-0.3, -0.25) is 4.98 Å². The minimum Gasteiger partial charge on any atom is -0.368 e. The van der Waals surface area contributed by atoms with Crippen molar-refractivity contribution in [1.29, 1.82) is 0 Å².